The molecule has 0 aliphatic carbocycles. The Bertz CT molecular complexity index is 182. The van der Waals surface area contributed by atoms with E-state index in [9.17, 15) is 0 Å². The van der Waals surface area contributed by atoms with Gasteiger partial charge in [-0.2, -0.15) is 0 Å². The minimum atomic E-state index is 1.18. The van der Waals surface area contributed by atoms with Crippen LogP contribution >= 0.6 is 10.9 Å². The smallest absolute Gasteiger partial charge is 0.0108 e. The van der Waals surface area contributed by atoms with Gasteiger partial charge in [0.15, 0.2) is 0 Å². The Morgan fingerprint density at radius 3 is 2.83 bits per heavy atom. The van der Waals surface area contributed by atoms with Crippen molar-refractivity contribution in [3.8, 4) is 0 Å². The SMILES string of the molecule is CC1=C=S=C=C1. The zero-order chi connectivity index (χ0) is 4.41. The van der Waals surface area contributed by atoms with Gasteiger partial charge in [0.1, 0.15) is 0 Å². The third-order valence-electron chi connectivity index (χ3n) is 0.546. The summed E-state index contributed by atoms with van der Waals surface area (Å²) in [6.07, 6.45) is 1.92. The van der Waals surface area contributed by atoms with Gasteiger partial charge < -0.3 is 0 Å². The molecule has 1 aliphatic heterocycles. The molecule has 0 saturated heterocycles. The van der Waals surface area contributed by atoms with Gasteiger partial charge in [0.2, 0.25) is 0 Å². The van der Waals surface area contributed by atoms with Crippen molar-refractivity contribution < 1.29 is 0 Å². The molecule has 0 atom stereocenters. The number of hydrogen-bond donors (Lipinski definition) is 0. The molecule has 1 rings (SSSR count). The standard InChI is InChI=1S/C5H4S/c1-5-2-3-6-4-5/h2H,1H3. The van der Waals surface area contributed by atoms with Crippen molar-refractivity contribution in [2.75, 3.05) is 0 Å². The molecular weight excluding hydrogens is 92.1 g/mol. The number of hydrogen-bond acceptors (Lipinski definition) is 0. The van der Waals surface area contributed by atoms with Crippen molar-refractivity contribution in [2.45, 2.75) is 6.92 Å². The maximum atomic E-state index is 2.99. The molecular formula is C5H4S. The molecule has 1 heteroatoms. The predicted molar refractivity (Wildman–Crippen MR) is 31.4 cm³/mol. The van der Waals surface area contributed by atoms with E-state index < -0.39 is 0 Å². The number of allylic oxidation sites excluding steroid dienone is 2. The van der Waals surface area contributed by atoms with E-state index in [1.54, 1.807) is 0 Å². The summed E-state index contributed by atoms with van der Waals surface area (Å²) in [6, 6.07) is 0. The van der Waals surface area contributed by atoms with E-state index in [0.717, 1.165) is 0 Å². The summed E-state index contributed by atoms with van der Waals surface area (Å²) in [4.78, 5) is 0. The van der Waals surface area contributed by atoms with Gasteiger partial charge in [0, 0.05) is 11.6 Å². The van der Waals surface area contributed by atoms with Gasteiger partial charge in [-0.1, -0.05) is 0 Å². The van der Waals surface area contributed by atoms with Gasteiger partial charge in [0.05, 0.1) is 0 Å². The quantitative estimate of drug-likeness (QED) is 0.395. The van der Waals surface area contributed by atoms with Crippen molar-refractivity contribution >= 4 is 21.0 Å². The van der Waals surface area contributed by atoms with E-state index in [1.165, 1.54) is 16.5 Å². The lowest BCUT2D eigenvalue weighted by Gasteiger charge is -1.66. The molecule has 0 radical (unpaired) electrons. The molecule has 0 aromatic heterocycles. The lowest BCUT2D eigenvalue weighted by Crippen LogP contribution is -1.57. The molecule has 0 bridgehead atoms. The lowest BCUT2D eigenvalue weighted by molar-refractivity contribution is 1.64. The molecule has 0 fully saturated rings. The Kier molecular flexibility index (Phi) is 0.813. The molecule has 0 N–H and O–H groups in total. The van der Waals surface area contributed by atoms with Crippen LogP contribution in [0.5, 0.6) is 0 Å². The summed E-state index contributed by atoms with van der Waals surface area (Å²) in [7, 11) is 1.49. The Morgan fingerprint density at radius 1 is 1.83 bits per heavy atom. The van der Waals surface area contributed by atoms with E-state index in [4.69, 9.17) is 0 Å². The van der Waals surface area contributed by atoms with Crippen LogP contribution < -0.4 is 0 Å². The van der Waals surface area contributed by atoms with Gasteiger partial charge in [-0.3, -0.25) is 0 Å². The van der Waals surface area contributed by atoms with Crippen LogP contribution in [0.4, 0.5) is 0 Å². The zero-order valence-corrected chi connectivity index (χ0v) is 4.30. The van der Waals surface area contributed by atoms with E-state index in [0.29, 0.717) is 0 Å². The van der Waals surface area contributed by atoms with Gasteiger partial charge in [0.25, 0.3) is 0 Å². The molecule has 0 nitrogen and oxygen atoms in total. The monoisotopic (exact) mass is 96.0 g/mol. The molecule has 0 unspecified atom stereocenters. The lowest BCUT2D eigenvalue weighted by atomic mass is 10.4. The van der Waals surface area contributed by atoms with Gasteiger partial charge in [-0.25, -0.2) is 0 Å². The van der Waals surface area contributed by atoms with Crippen LogP contribution in [0.25, 0.3) is 0 Å². The van der Waals surface area contributed by atoms with Crippen molar-refractivity contribution in [2.24, 2.45) is 0 Å². The van der Waals surface area contributed by atoms with Gasteiger partial charge in [-0.05, 0) is 27.9 Å². The Labute approximate surface area is 40.3 Å². The van der Waals surface area contributed by atoms with Gasteiger partial charge in [-0.15, -0.1) is 0 Å². The number of rotatable bonds is 0. The summed E-state index contributed by atoms with van der Waals surface area (Å²) in [5.74, 6) is 0. The fourth-order valence-electron chi connectivity index (χ4n) is 0.257. The first-order valence-electron chi connectivity index (χ1n) is 1.74. The van der Waals surface area contributed by atoms with E-state index in [2.05, 4.69) is 10.0 Å². The summed E-state index contributed by atoms with van der Waals surface area (Å²) in [5.41, 5.74) is 1.18. The average molecular weight is 96.2 g/mol. The molecule has 6 heavy (non-hydrogen) atoms. The summed E-state index contributed by atoms with van der Waals surface area (Å²) < 4.78 is 0. The fourth-order valence-corrected chi connectivity index (χ4v) is 0.772. The molecule has 0 aromatic carbocycles. The minimum absolute atomic E-state index is 1.18. The molecule has 30 valence electrons. The Balaban J connectivity index is 3.24. The average Bonchev–Trinajstić information content (AvgIpc) is 1.86. The largest absolute Gasteiger partial charge is 0.0488 e. The summed E-state index contributed by atoms with van der Waals surface area (Å²) in [6.45, 7) is 2.01. The second kappa shape index (κ2) is 1.32. The van der Waals surface area contributed by atoms with E-state index in [1.807, 2.05) is 13.0 Å². The van der Waals surface area contributed by atoms with E-state index in [-0.39, 0.29) is 0 Å². The maximum absolute atomic E-state index is 2.99. The second-order valence-corrected chi connectivity index (χ2v) is 1.79. The summed E-state index contributed by atoms with van der Waals surface area (Å²) in [5, 5.41) is 5.90. The second-order valence-electron chi connectivity index (χ2n) is 1.15. The zero-order valence-electron chi connectivity index (χ0n) is 3.49. The van der Waals surface area contributed by atoms with Crippen LogP contribution in [-0.4, -0.2) is 10.0 Å². The first-order valence-corrected chi connectivity index (χ1v) is 2.55. The molecule has 1 aliphatic rings. The highest BCUT2D eigenvalue weighted by Crippen LogP contribution is 1.87. The molecule has 0 aromatic rings. The first kappa shape index (κ1) is 3.70. The first-order chi connectivity index (χ1) is 2.89. The maximum Gasteiger partial charge on any atom is 0.0108 e. The van der Waals surface area contributed by atoms with Gasteiger partial charge >= 0.3 is 0 Å². The van der Waals surface area contributed by atoms with Crippen molar-refractivity contribution in [1.82, 2.24) is 0 Å². The topological polar surface area (TPSA) is 0 Å². The molecule has 0 amide bonds. The highest BCUT2D eigenvalue weighted by molar-refractivity contribution is 7.95. The van der Waals surface area contributed by atoms with E-state index >= 15 is 0 Å². The third-order valence-corrected chi connectivity index (χ3v) is 1.21. The minimum Gasteiger partial charge on any atom is -0.0488 e. The highest BCUT2D eigenvalue weighted by atomic mass is 32.1. The Morgan fingerprint density at radius 2 is 2.67 bits per heavy atom. The molecule has 0 spiro atoms. The van der Waals surface area contributed by atoms with Crippen LogP contribution in [-0.2, 0) is 0 Å². The molecule has 1 heterocycles. The molecule has 0 saturated carbocycles. The predicted octanol–water partition coefficient (Wildman–Crippen LogP) is 1.04. The fraction of sp³-hybridized carbons (Fsp3) is 0.200. The van der Waals surface area contributed by atoms with Crippen molar-refractivity contribution in [3.63, 3.8) is 0 Å². The van der Waals surface area contributed by atoms with Crippen molar-refractivity contribution in [3.05, 3.63) is 11.6 Å². The van der Waals surface area contributed by atoms with Crippen molar-refractivity contribution in [1.29, 1.82) is 0 Å². The van der Waals surface area contributed by atoms with Crippen LogP contribution in [0.3, 0.4) is 0 Å². The Hall–Kier alpha value is -0.480. The van der Waals surface area contributed by atoms with Crippen LogP contribution in [0, 0.1) is 0 Å². The van der Waals surface area contributed by atoms with Crippen LogP contribution in [0.15, 0.2) is 11.6 Å². The third kappa shape index (κ3) is 0.526. The van der Waals surface area contributed by atoms with Crippen LogP contribution in [0.2, 0.25) is 0 Å². The normalized spacial score (nSPS) is 14.5. The summed E-state index contributed by atoms with van der Waals surface area (Å²) >= 11 is 0. The van der Waals surface area contributed by atoms with Crippen LogP contribution in [0.1, 0.15) is 6.92 Å². The highest BCUT2D eigenvalue weighted by Gasteiger charge is 1.74.